The van der Waals surface area contributed by atoms with Crippen LogP contribution in [0.5, 0.6) is 0 Å². The first-order valence-corrected chi connectivity index (χ1v) is 11.7. The first-order chi connectivity index (χ1) is 17.2. The smallest absolute Gasteiger partial charge is 0.161 e. The van der Waals surface area contributed by atoms with E-state index < -0.39 is 42.6 Å². The largest absolute Gasteiger partial charge is 0.394 e. The molecule has 1 fully saturated rings. The van der Waals surface area contributed by atoms with Crippen molar-refractivity contribution in [3.63, 3.8) is 0 Å². The number of aryl methyl sites for hydroxylation is 1. The topological polar surface area (TPSA) is 111 Å². The monoisotopic (exact) mass is 536 g/mol. The lowest BCUT2D eigenvalue weighted by molar-refractivity contribution is -0.161. The molecule has 2 N–H and O–H groups in total. The van der Waals surface area contributed by atoms with Crippen LogP contribution in [-0.4, -0.2) is 58.8 Å². The number of aromatic nitrogens is 6. The summed E-state index contributed by atoms with van der Waals surface area (Å²) in [6.07, 6.45) is -1.24. The van der Waals surface area contributed by atoms with E-state index in [2.05, 4.69) is 20.4 Å². The van der Waals surface area contributed by atoms with Gasteiger partial charge in [-0.05, 0) is 37.3 Å². The molecule has 0 saturated carbocycles. The van der Waals surface area contributed by atoms with Crippen LogP contribution >= 0.6 is 23.2 Å². The molecular weight excluding hydrogens is 517 g/mol. The van der Waals surface area contributed by atoms with Gasteiger partial charge < -0.3 is 14.9 Å². The Hall–Kier alpha value is -2.96. The van der Waals surface area contributed by atoms with Crippen molar-refractivity contribution < 1.29 is 23.7 Å². The Bertz CT molecular complexity index is 1410. The first kappa shape index (κ1) is 24.7. The fourth-order valence-electron chi connectivity index (χ4n) is 4.23. The highest BCUT2D eigenvalue weighted by Gasteiger charge is 2.41. The molecule has 0 spiro atoms. The lowest BCUT2D eigenvalue weighted by Crippen LogP contribution is -2.45. The zero-order valence-corrected chi connectivity index (χ0v) is 20.3. The van der Waals surface area contributed by atoms with Crippen LogP contribution < -0.4 is 0 Å². The summed E-state index contributed by atoms with van der Waals surface area (Å²) in [6, 6.07) is 7.61. The minimum absolute atomic E-state index is 0.0184. The van der Waals surface area contributed by atoms with Gasteiger partial charge in [0, 0.05) is 17.0 Å². The van der Waals surface area contributed by atoms with Crippen LogP contribution in [0.15, 0.2) is 42.6 Å². The summed E-state index contributed by atoms with van der Waals surface area (Å²) in [7, 11) is 0. The molecule has 1 aliphatic heterocycles. The predicted molar refractivity (Wildman–Crippen MR) is 126 cm³/mol. The molecule has 4 unspecified atom stereocenters. The van der Waals surface area contributed by atoms with Gasteiger partial charge in [0.25, 0.3) is 0 Å². The number of halogens is 4. The van der Waals surface area contributed by atoms with Crippen LogP contribution in [0.3, 0.4) is 0 Å². The fraction of sp³-hybridized carbons (Fsp3) is 0.304. The number of aliphatic hydroxyl groups excluding tert-OH is 2. The van der Waals surface area contributed by atoms with Crippen LogP contribution in [0.4, 0.5) is 8.78 Å². The summed E-state index contributed by atoms with van der Waals surface area (Å²) < 4.78 is 37.3. The van der Waals surface area contributed by atoms with E-state index in [1.807, 2.05) is 0 Å². The Morgan fingerprint density at radius 2 is 1.94 bits per heavy atom. The third kappa shape index (κ3) is 4.60. The van der Waals surface area contributed by atoms with Crippen molar-refractivity contribution in [3.8, 4) is 16.9 Å². The molecule has 9 nitrogen and oxygen atoms in total. The second-order valence-corrected chi connectivity index (χ2v) is 9.22. The Morgan fingerprint density at radius 1 is 1.14 bits per heavy atom. The highest BCUT2D eigenvalue weighted by molar-refractivity contribution is 6.31. The van der Waals surface area contributed by atoms with Crippen molar-refractivity contribution in [2.45, 2.75) is 37.7 Å². The van der Waals surface area contributed by atoms with Crippen LogP contribution in [0.25, 0.3) is 16.9 Å². The standard InChI is InChI=1S/C23H20Cl2F2N6O3/c1-11-28-23(33(30-11)18-7-13(24)3-5-15(18)26)20-8-19(22(35)21(10-34)36-20)32-9-17(29-31-32)12-2-4-14(25)16(27)6-12/h2-7,9,19-22,34-35H,8,10H2,1H3. The Kier molecular flexibility index (Phi) is 6.75. The van der Waals surface area contributed by atoms with E-state index in [0.29, 0.717) is 22.1 Å². The number of hydrogen-bond donors (Lipinski definition) is 2. The molecule has 4 atom stereocenters. The average Bonchev–Trinajstić information content (AvgIpc) is 3.50. The lowest BCUT2D eigenvalue weighted by atomic mass is 9.95. The van der Waals surface area contributed by atoms with Crippen LogP contribution in [0.2, 0.25) is 10.0 Å². The maximum atomic E-state index is 14.7. The Labute approximate surface area is 213 Å². The van der Waals surface area contributed by atoms with E-state index in [1.54, 1.807) is 19.2 Å². The highest BCUT2D eigenvalue weighted by Crippen LogP contribution is 2.38. The molecule has 0 radical (unpaired) electrons. The Morgan fingerprint density at radius 3 is 2.69 bits per heavy atom. The van der Waals surface area contributed by atoms with Crippen molar-refractivity contribution in [1.29, 1.82) is 0 Å². The molecule has 0 amide bonds. The second-order valence-electron chi connectivity index (χ2n) is 8.38. The lowest BCUT2D eigenvalue weighted by Gasteiger charge is -2.38. The van der Waals surface area contributed by atoms with Gasteiger partial charge in [0.1, 0.15) is 47.2 Å². The van der Waals surface area contributed by atoms with Gasteiger partial charge in [-0.25, -0.2) is 23.1 Å². The quantitative estimate of drug-likeness (QED) is 0.398. The summed E-state index contributed by atoms with van der Waals surface area (Å²) in [6.45, 7) is 1.16. The van der Waals surface area contributed by atoms with Gasteiger partial charge in [-0.2, -0.15) is 5.10 Å². The van der Waals surface area contributed by atoms with Gasteiger partial charge in [-0.3, -0.25) is 0 Å². The van der Waals surface area contributed by atoms with E-state index in [0.717, 1.165) is 0 Å². The number of benzene rings is 2. The van der Waals surface area contributed by atoms with Gasteiger partial charge in [0.2, 0.25) is 0 Å². The van der Waals surface area contributed by atoms with Gasteiger partial charge in [-0.1, -0.05) is 34.5 Å². The number of hydrogen-bond acceptors (Lipinski definition) is 7. The molecule has 1 aliphatic rings. The highest BCUT2D eigenvalue weighted by atomic mass is 35.5. The molecule has 3 heterocycles. The molecule has 0 bridgehead atoms. The molecule has 13 heteroatoms. The minimum Gasteiger partial charge on any atom is -0.394 e. The summed E-state index contributed by atoms with van der Waals surface area (Å²) in [5.41, 5.74) is 0.894. The molecular formula is C23H20Cl2F2N6O3. The second kappa shape index (κ2) is 9.83. The van der Waals surface area contributed by atoms with Crippen molar-refractivity contribution in [2.24, 2.45) is 0 Å². The van der Waals surface area contributed by atoms with Crippen molar-refractivity contribution in [3.05, 3.63) is 75.9 Å². The van der Waals surface area contributed by atoms with Crippen molar-refractivity contribution in [2.75, 3.05) is 6.61 Å². The van der Waals surface area contributed by atoms with Gasteiger partial charge >= 0.3 is 0 Å². The molecule has 4 aromatic rings. The summed E-state index contributed by atoms with van der Waals surface area (Å²) in [4.78, 5) is 4.43. The SMILES string of the molecule is Cc1nc(C2CC(n3cc(-c4ccc(Cl)c(F)c4)nn3)C(O)C(CO)O2)n(-c2cc(Cl)ccc2F)n1. The minimum atomic E-state index is -1.15. The van der Waals surface area contributed by atoms with Gasteiger partial charge in [0.05, 0.1) is 23.9 Å². The van der Waals surface area contributed by atoms with Crippen LogP contribution in [-0.2, 0) is 4.74 Å². The number of ether oxygens (including phenoxy) is 1. The molecule has 0 aliphatic carbocycles. The third-order valence-corrected chi connectivity index (χ3v) is 6.52. The maximum Gasteiger partial charge on any atom is 0.161 e. The third-order valence-electron chi connectivity index (χ3n) is 5.98. The van der Waals surface area contributed by atoms with Crippen molar-refractivity contribution >= 4 is 23.2 Å². The van der Waals surface area contributed by atoms with E-state index in [-0.39, 0.29) is 23.0 Å². The van der Waals surface area contributed by atoms with Crippen LogP contribution in [0.1, 0.15) is 30.2 Å². The Balaban J connectivity index is 1.50. The number of rotatable bonds is 5. The zero-order valence-electron chi connectivity index (χ0n) is 18.8. The van der Waals surface area contributed by atoms with Crippen molar-refractivity contribution in [1.82, 2.24) is 29.8 Å². The number of aliphatic hydroxyl groups is 2. The molecule has 2 aromatic heterocycles. The van der Waals surface area contributed by atoms with Gasteiger partial charge in [-0.15, -0.1) is 5.10 Å². The molecule has 5 rings (SSSR count). The zero-order chi connectivity index (χ0) is 25.6. The number of nitrogens with zero attached hydrogens (tertiary/aromatic N) is 6. The van der Waals surface area contributed by atoms with E-state index in [9.17, 15) is 19.0 Å². The predicted octanol–water partition coefficient (Wildman–Crippen LogP) is 3.84. The molecule has 36 heavy (non-hydrogen) atoms. The summed E-state index contributed by atoms with van der Waals surface area (Å²) in [5.74, 6) is -0.529. The molecule has 188 valence electrons. The average molecular weight is 537 g/mol. The van der Waals surface area contributed by atoms with E-state index in [1.165, 1.54) is 39.7 Å². The molecule has 1 saturated heterocycles. The normalized spacial score (nSPS) is 22.2. The van der Waals surface area contributed by atoms with E-state index >= 15 is 0 Å². The fourth-order valence-corrected chi connectivity index (χ4v) is 4.51. The van der Waals surface area contributed by atoms with Crippen LogP contribution in [0, 0.1) is 18.6 Å². The first-order valence-electron chi connectivity index (χ1n) is 11.0. The summed E-state index contributed by atoms with van der Waals surface area (Å²) >= 11 is 11.8. The van der Waals surface area contributed by atoms with E-state index in [4.69, 9.17) is 27.9 Å². The maximum absolute atomic E-state index is 14.7. The molecule has 2 aromatic carbocycles. The summed E-state index contributed by atoms with van der Waals surface area (Å²) in [5, 5.41) is 33.6. The van der Waals surface area contributed by atoms with Gasteiger partial charge in [0.15, 0.2) is 5.82 Å².